The lowest BCUT2D eigenvalue weighted by Gasteiger charge is -2.26. The molecule has 2 aromatic carbocycles. The molecule has 4 rings (SSSR count). The first-order valence-corrected chi connectivity index (χ1v) is 27.9. The molecular formula is C57H85N15O7. The fourth-order valence-electron chi connectivity index (χ4n) is 8.70. The SMILES string of the molecule is CCCCCCCC/C=C\CCCCCCCC(=O)NCCCNC(=O)/C=N/NCC(=O)N[C@@H](Cc1cnc[nH]1)C(=O)N[C@H](Cc1ccccc1)C(=O)N[C@@H](CCCN=C(N)N)C(=O)N[C@@H](Cc1c[nH]c2ccccc12)C(N)=O. The first-order chi connectivity index (χ1) is 38.3. The van der Waals surface area contributed by atoms with Crippen molar-refractivity contribution in [3.05, 3.63) is 102 Å². The molecule has 0 aliphatic heterocycles. The molecule has 2 aromatic heterocycles. The van der Waals surface area contributed by atoms with Gasteiger partial charge in [0.1, 0.15) is 36.9 Å². The number of rotatable bonds is 41. The van der Waals surface area contributed by atoms with E-state index in [4.69, 9.17) is 17.2 Å². The number of aliphatic imine (C=N–C) groups is 1. The van der Waals surface area contributed by atoms with Crippen LogP contribution in [0.25, 0.3) is 10.9 Å². The Labute approximate surface area is 464 Å². The first-order valence-electron chi connectivity index (χ1n) is 27.9. The minimum Gasteiger partial charge on any atom is -0.370 e. The van der Waals surface area contributed by atoms with Gasteiger partial charge in [0.15, 0.2) is 5.96 Å². The van der Waals surface area contributed by atoms with E-state index in [1.807, 2.05) is 24.3 Å². The molecule has 0 saturated heterocycles. The van der Waals surface area contributed by atoms with Crippen LogP contribution in [0.15, 0.2) is 95.6 Å². The minimum absolute atomic E-state index is 0.0101. The monoisotopic (exact) mass is 1090 g/mol. The van der Waals surface area contributed by atoms with E-state index in [0.717, 1.165) is 54.8 Å². The van der Waals surface area contributed by atoms with Gasteiger partial charge in [0.25, 0.3) is 5.91 Å². The molecule has 0 aliphatic carbocycles. The Morgan fingerprint density at radius 2 is 1.27 bits per heavy atom. The topological polar surface area (TPSA) is 351 Å². The average Bonchev–Trinajstić information content (AvgIpc) is 4.11. The number of carbonyl (C=O) groups excluding carboxylic acids is 7. The number of primary amides is 1. The number of unbranched alkanes of at least 4 members (excludes halogenated alkanes) is 11. The Bertz CT molecular complexity index is 2540. The minimum atomic E-state index is -1.28. The number of guanidine groups is 1. The third-order valence-electron chi connectivity index (χ3n) is 13.0. The molecule has 430 valence electrons. The van der Waals surface area contributed by atoms with Crippen molar-refractivity contribution in [3.8, 4) is 0 Å². The third kappa shape index (κ3) is 26.7. The van der Waals surface area contributed by atoms with Crippen LogP contribution in [0.2, 0.25) is 0 Å². The summed E-state index contributed by atoms with van der Waals surface area (Å²) in [6, 6.07) is 11.4. The van der Waals surface area contributed by atoms with Crippen LogP contribution in [-0.4, -0.2) is 119 Å². The lowest BCUT2D eigenvalue weighted by Crippen LogP contribution is -2.59. The number of nitrogens with zero attached hydrogens (tertiary/aromatic N) is 3. The highest BCUT2D eigenvalue weighted by Crippen LogP contribution is 2.19. The number of fused-ring (bicyclic) bond motifs is 1. The molecule has 0 unspecified atom stereocenters. The van der Waals surface area contributed by atoms with Crippen molar-refractivity contribution in [1.29, 1.82) is 0 Å². The summed E-state index contributed by atoms with van der Waals surface area (Å²) in [5.41, 5.74) is 22.1. The van der Waals surface area contributed by atoms with Crippen molar-refractivity contribution in [2.24, 2.45) is 27.3 Å². The summed E-state index contributed by atoms with van der Waals surface area (Å²) >= 11 is 0. The van der Waals surface area contributed by atoms with Crippen molar-refractivity contribution in [1.82, 2.24) is 52.3 Å². The number of nitrogens with one attached hydrogen (secondary N) is 9. The Kier molecular flexibility index (Phi) is 30.3. The van der Waals surface area contributed by atoms with Gasteiger partial charge in [-0.15, -0.1) is 0 Å². The van der Waals surface area contributed by atoms with Crippen molar-refractivity contribution in [2.45, 2.75) is 160 Å². The van der Waals surface area contributed by atoms with Gasteiger partial charge >= 0.3 is 0 Å². The van der Waals surface area contributed by atoms with Crippen molar-refractivity contribution in [3.63, 3.8) is 0 Å². The van der Waals surface area contributed by atoms with E-state index in [0.29, 0.717) is 37.2 Å². The molecule has 0 aliphatic rings. The highest BCUT2D eigenvalue weighted by atomic mass is 16.2. The number of para-hydroxylation sites is 1. The quantitative estimate of drug-likeness (QED) is 0.0100. The van der Waals surface area contributed by atoms with Crippen molar-refractivity contribution < 1.29 is 33.6 Å². The second-order valence-corrected chi connectivity index (χ2v) is 19.6. The fourth-order valence-corrected chi connectivity index (χ4v) is 8.70. The standard InChI is InChI=1S/C57H85N15O7/c1-2-3-4-5-6-7-8-9-10-11-12-13-14-15-19-29-50(73)62-31-23-32-63-51(74)38-67-68-39-52(75)69-49(35-43-37-61-40-66-43)56(79)72-48(33-41-24-17-16-18-25-41)55(78)70-46(28-22-30-64-57(59)60)54(77)71-47(53(58)76)34-42-36-65-45-27-21-20-26-44(42)45/h9-10,16-18,20-21,24-27,36-38,40,46-49,65,68H,2-8,11-15,19,22-23,28-35,39H2,1H3,(H2,58,76)(H,61,66)(H,62,73)(H,63,74)(H,69,75)(H,70,78)(H,71,77)(H,72,79)(H4,59,60,64)/b10-9-,67-38+/t46-,47-,48+,49-/m0/s1. The van der Waals surface area contributed by atoms with Gasteiger partial charge in [-0.25, -0.2) is 4.98 Å². The predicted octanol–water partition coefficient (Wildman–Crippen LogP) is 3.63. The van der Waals surface area contributed by atoms with Gasteiger partial charge in [0.2, 0.25) is 35.4 Å². The number of benzene rings is 2. The number of hydrogen-bond acceptors (Lipinski definition) is 11. The molecule has 7 amide bonds. The van der Waals surface area contributed by atoms with E-state index in [1.165, 1.54) is 63.9 Å². The zero-order chi connectivity index (χ0) is 56.9. The van der Waals surface area contributed by atoms with Crippen LogP contribution in [0.1, 0.15) is 133 Å². The van der Waals surface area contributed by atoms with Crippen LogP contribution in [-0.2, 0) is 52.8 Å². The van der Waals surface area contributed by atoms with E-state index < -0.39 is 66.2 Å². The molecule has 2 heterocycles. The zero-order valence-electron chi connectivity index (χ0n) is 45.9. The van der Waals surface area contributed by atoms with Crippen molar-refractivity contribution >= 4 is 64.4 Å². The van der Waals surface area contributed by atoms with Gasteiger partial charge in [-0.1, -0.05) is 119 Å². The van der Waals surface area contributed by atoms with Crippen LogP contribution in [0, 0.1) is 0 Å². The maximum Gasteiger partial charge on any atom is 0.264 e. The molecule has 4 aromatic rings. The highest BCUT2D eigenvalue weighted by molar-refractivity contribution is 6.26. The van der Waals surface area contributed by atoms with Gasteiger partial charge in [-0.3, -0.25) is 38.6 Å². The Hall–Kier alpha value is -8.04. The molecule has 15 N–H and O–H groups in total. The maximum absolute atomic E-state index is 14.3. The molecule has 0 spiro atoms. The number of hydrazone groups is 1. The second-order valence-electron chi connectivity index (χ2n) is 19.6. The van der Waals surface area contributed by atoms with E-state index in [-0.39, 0.29) is 50.5 Å². The Morgan fingerprint density at radius 1 is 0.633 bits per heavy atom. The summed E-state index contributed by atoms with van der Waals surface area (Å²) in [5, 5.41) is 21.2. The molecule has 0 bridgehead atoms. The number of aromatic amines is 2. The summed E-state index contributed by atoms with van der Waals surface area (Å²) in [7, 11) is 0. The smallest absolute Gasteiger partial charge is 0.264 e. The number of allylic oxidation sites excluding steroid dienone is 2. The largest absolute Gasteiger partial charge is 0.370 e. The van der Waals surface area contributed by atoms with E-state index in [9.17, 15) is 33.6 Å². The number of hydrogen-bond donors (Lipinski definition) is 12. The number of imidazole rings is 1. The maximum atomic E-state index is 14.3. The van der Waals surface area contributed by atoms with Gasteiger partial charge in [-0.05, 0) is 68.6 Å². The number of carbonyl (C=O) groups is 7. The number of nitrogens with two attached hydrogens (primary N) is 3. The molecule has 0 fully saturated rings. The van der Waals surface area contributed by atoms with E-state index >= 15 is 0 Å². The third-order valence-corrected chi connectivity index (χ3v) is 13.0. The lowest BCUT2D eigenvalue weighted by atomic mass is 10.0. The predicted molar refractivity (Wildman–Crippen MR) is 308 cm³/mol. The van der Waals surface area contributed by atoms with Crippen LogP contribution in [0.4, 0.5) is 0 Å². The summed E-state index contributed by atoms with van der Waals surface area (Å²) in [4.78, 5) is 107. The zero-order valence-corrected chi connectivity index (χ0v) is 45.9. The summed E-state index contributed by atoms with van der Waals surface area (Å²) in [5.74, 6) is -4.31. The number of aromatic nitrogens is 3. The van der Waals surface area contributed by atoms with Crippen molar-refractivity contribution in [2.75, 3.05) is 26.2 Å². The van der Waals surface area contributed by atoms with Gasteiger partial charge in [-0.2, -0.15) is 5.10 Å². The van der Waals surface area contributed by atoms with Gasteiger partial charge in [0, 0.05) is 74.3 Å². The van der Waals surface area contributed by atoms with Crippen LogP contribution < -0.4 is 54.5 Å². The molecule has 4 atom stereocenters. The summed E-state index contributed by atoms with van der Waals surface area (Å²) in [6.45, 7) is 2.66. The molecule has 79 heavy (non-hydrogen) atoms. The van der Waals surface area contributed by atoms with Crippen LogP contribution in [0.3, 0.4) is 0 Å². The molecule has 22 nitrogen and oxygen atoms in total. The Morgan fingerprint density at radius 3 is 1.96 bits per heavy atom. The first kappa shape index (κ1) is 63.5. The molecular weight excluding hydrogens is 1010 g/mol. The van der Waals surface area contributed by atoms with Crippen LogP contribution >= 0.6 is 0 Å². The lowest BCUT2D eigenvalue weighted by molar-refractivity contribution is -0.134. The fraction of sp³-hybridized carbons (Fsp3) is 0.509. The molecule has 0 radical (unpaired) electrons. The average molecular weight is 1090 g/mol. The van der Waals surface area contributed by atoms with Gasteiger partial charge in [0.05, 0.1) is 6.33 Å². The Balaban J connectivity index is 1.25. The van der Waals surface area contributed by atoms with Crippen LogP contribution in [0.5, 0.6) is 0 Å². The normalized spacial score (nSPS) is 12.8. The summed E-state index contributed by atoms with van der Waals surface area (Å²) in [6.07, 6.45) is 27.1. The van der Waals surface area contributed by atoms with E-state index in [1.54, 1.807) is 36.5 Å². The summed E-state index contributed by atoms with van der Waals surface area (Å²) < 4.78 is 0. The highest BCUT2D eigenvalue weighted by Gasteiger charge is 2.32. The van der Waals surface area contributed by atoms with E-state index in [2.05, 4.69) is 81.4 Å². The number of H-pyrrole nitrogens is 2. The second kappa shape index (κ2) is 37.7. The number of amides is 7. The molecule has 0 saturated carbocycles. The van der Waals surface area contributed by atoms with Gasteiger partial charge < -0.3 is 64.5 Å². The molecule has 22 heteroatoms.